The van der Waals surface area contributed by atoms with Crippen molar-refractivity contribution in [3.05, 3.63) is 63.4 Å². The topological polar surface area (TPSA) is 104 Å². The van der Waals surface area contributed by atoms with Gasteiger partial charge in [-0.25, -0.2) is 17.5 Å². The monoisotopic (exact) mass is 651 g/mol. The first-order valence-electron chi connectivity index (χ1n) is 15.0. The van der Waals surface area contributed by atoms with E-state index in [-0.39, 0.29) is 51.8 Å². The molecule has 1 amide bonds. The van der Waals surface area contributed by atoms with Crippen molar-refractivity contribution in [1.82, 2.24) is 10.0 Å². The maximum absolute atomic E-state index is 15.9. The van der Waals surface area contributed by atoms with Crippen molar-refractivity contribution < 1.29 is 22.4 Å². The summed E-state index contributed by atoms with van der Waals surface area (Å²) in [6.07, 6.45) is 3.49. The van der Waals surface area contributed by atoms with Crippen LogP contribution in [0.2, 0.25) is 10.0 Å². The molecule has 2 aromatic carbocycles. The molecule has 4 atom stereocenters. The fourth-order valence-corrected chi connectivity index (χ4v) is 8.70. The number of sulfonamides is 1. The number of halogens is 3. The van der Waals surface area contributed by atoms with E-state index in [4.69, 9.17) is 23.2 Å². The molecule has 3 N–H and O–H groups in total. The van der Waals surface area contributed by atoms with E-state index in [2.05, 4.69) is 36.1 Å². The van der Waals surface area contributed by atoms with Gasteiger partial charge in [0.25, 0.3) is 0 Å². The SMILES string of the molecule is CCS(=O)(=O)NC1CCC(CC(=O)[C@@H]2N[C@H](CC(C)(C)C)[C@]3(C(=O)Nc4cc(Cl)ccc43)[C@H]2c2cccc(Cl)c2F)CC1. The van der Waals surface area contributed by atoms with Crippen LogP contribution in [0.4, 0.5) is 10.1 Å². The van der Waals surface area contributed by atoms with Gasteiger partial charge in [-0.2, -0.15) is 0 Å². The van der Waals surface area contributed by atoms with E-state index in [0.29, 0.717) is 48.4 Å². The first-order chi connectivity index (χ1) is 20.2. The fraction of sp³-hybridized carbons (Fsp3) is 0.562. The molecule has 2 aromatic rings. The molecule has 11 heteroatoms. The largest absolute Gasteiger partial charge is 0.325 e. The molecule has 1 spiro atoms. The molecule has 2 heterocycles. The Morgan fingerprint density at radius 3 is 2.47 bits per heavy atom. The average molecular weight is 653 g/mol. The lowest BCUT2D eigenvalue weighted by molar-refractivity contribution is -0.123. The number of amides is 1. The first kappa shape index (κ1) is 32.4. The number of nitrogens with one attached hydrogen (secondary N) is 3. The highest BCUT2D eigenvalue weighted by atomic mass is 35.5. The third kappa shape index (κ3) is 6.25. The number of hydrogen-bond donors (Lipinski definition) is 3. The number of anilines is 1. The molecule has 0 unspecified atom stereocenters. The van der Waals surface area contributed by atoms with Crippen LogP contribution in [0, 0.1) is 17.2 Å². The van der Waals surface area contributed by atoms with Crippen molar-refractivity contribution in [2.45, 2.75) is 95.7 Å². The van der Waals surface area contributed by atoms with E-state index in [1.807, 2.05) is 6.07 Å². The van der Waals surface area contributed by atoms with Crippen LogP contribution in [0.1, 0.15) is 83.3 Å². The second-order valence-corrected chi connectivity index (χ2v) is 16.4. The highest BCUT2D eigenvalue weighted by Gasteiger charge is 2.66. The van der Waals surface area contributed by atoms with Gasteiger partial charge in [-0.3, -0.25) is 9.59 Å². The molecule has 2 fully saturated rings. The van der Waals surface area contributed by atoms with Gasteiger partial charge in [0.1, 0.15) is 11.2 Å². The summed E-state index contributed by atoms with van der Waals surface area (Å²) < 4.78 is 42.8. The minimum absolute atomic E-state index is 0.0284. The highest BCUT2D eigenvalue weighted by Crippen LogP contribution is 2.57. The van der Waals surface area contributed by atoms with Crippen LogP contribution in [0.5, 0.6) is 0 Å². The number of carbonyl (C=O) groups excluding carboxylic acids is 2. The van der Waals surface area contributed by atoms with E-state index in [0.717, 1.165) is 0 Å². The van der Waals surface area contributed by atoms with Gasteiger partial charge in [-0.05, 0) is 79.7 Å². The van der Waals surface area contributed by atoms with Gasteiger partial charge in [0.05, 0.1) is 16.8 Å². The molecule has 7 nitrogen and oxygen atoms in total. The standard InChI is InChI=1S/C32H40Cl2FN3O4S/c1-5-43(41,42)38-20-12-9-18(10-13-20)15-25(39)29-27(21-7-6-8-23(34)28(21)35)32(26(37-29)17-31(2,3)4)22-14-11-19(33)16-24(22)36-30(32)40/h6-8,11,14,16,18,20,26-27,29,37-38H,5,9-10,12-13,15,17H2,1-4H3,(H,36,40)/t18?,20?,26-,27+,29+,32+/m1/s1. The van der Waals surface area contributed by atoms with Crippen LogP contribution < -0.4 is 15.4 Å². The summed E-state index contributed by atoms with van der Waals surface area (Å²) in [5, 5.41) is 6.95. The number of benzene rings is 2. The van der Waals surface area contributed by atoms with Crippen molar-refractivity contribution in [3.8, 4) is 0 Å². The molecule has 0 aromatic heterocycles. The van der Waals surface area contributed by atoms with E-state index < -0.39 is 39.3 Å². The third-order valence-corrected chi connectivity index (χ3v) is 11.3. The molecule has 1 aliphatic carbocycles. The van der Waals surface area contributed by atoms with Crippen LogP contribution in [0.3, 0.4) is 0 Å². The summed E-state index contributed by atoms with van der Waals surface area (Å²) >= 11 is 12.6. The zero-order valence-corrected chi connectivity index (χ0v) is 27.3. The molecule has 234 valence electrons. The smallest absolute Gasteiger partial charge is 0.237 e. The Balaban J connectivity index is 1.54. The number of ketones is 1. The summed E-state index contributed by atoms with van der Waals surface area (Å²) in [7, 11) is -3.30. The molecular weight excluding hydrogens is 612 g/mol. The summed E-state index contributed by atoms with van der Waals surface area (Å²) in [6, 6.07) is 8.52. The number of Topliss-reactive ketones (excluding diaryl/α,β-unsaturated/α-hetero) is 1. The fourth-order valence-electron chi connectivity index (χ4n) is 7.44. The van der Waals surface area contributed by atoms with Gasteiger partial charge in [0.15, 0.2) is 5.78 Å². The Kier molecular flexibility index (Phi) is 9.06. The van der Waals surface area contributed by atoms with Crippen LogP contribution >= 0.6 is 23.2 Å². The predicted octanol–water partition coefficient (Wildman–Crippen LogP) is 6.34. The number of fused-ring (bicyclic) bond motifs is 2. The average Bonchev–Trinajstić information content (AvgIpc) is 3.40. The van der Waals surface area contributed by atoms with Crippen molar-refractivity contribution in [1.29, 1.82) is 0 Å². The normalized spacial score (nSPS) is 29.1. The third-order valence-electron chi connectivity index (χ3n) is 9.35. The minimum Gasteiger partial charge on any atom is -0.325 e. The molecule has 5 rings (SSSR count). The van der Waals surface area contributed by atoms with E-state index >= 15 is 4.39 Å². The van der Waals surface area contributed by atoms with Crippen LogP contribution in [-0.4, -0.2) is 44.0 Å². The van der Waals surface area contributed by atoms with Crippen LogP contribution in [0.25, 0.3) is 0 Å². The van der Waals surface area contributed by atoms with Gasteiger partial charge in [-0.15, -0.1) is 0 Å². The number of carbonyl (C=O) groups is 2. The predicted molar refractivity (Wildman–Crippen MR) is 169 cm³/mol. The lowest BCUT2D eigenvalue weighted by Gasteiger charge is -2.38. The zero-order valence-electron chi connectivity index (χ0n) is 25.0. The summed E-state index contributed by atoms with van der Waals surface area (Å²) in [5.41, 5.74) is -0.0292. The van der Waals surface area contributed by atoms with Crippen LogP contribution in [0.15, 0.2) is 36.4 Å². The molecule has 0 radical (unpaired) electrons. The van der Waals surface area contributed by atoms with Gasteiger partial charge >= 0.3 is 0 Å². The van der Waals surface area contributed by atoms with E-state index in [1.54, 1.807) is 31.2 Å². The Morgan fingerprint density at radius 1 is 1.12 bits per heavy atom. The van der Waals surface area contributed by atoms with Crippen molar-refractivity contribution in [2.24, 2.45) is 11.3 Å². The van der Waals surface area contributed by atoms with Crippen molar-refractivity contribution in [3.63, 3.8) is 0 Å². The Bertz CT molecular complexity index is 1520. The molecular formula is C32H40Cl2FN3O4S. The number of rotatable bonds is 8. The molecule has 43 heavy (non-hydrogen) atoms. The first-order valence-corrected chi connectivity index (χ1v) is 17.4. The van der Waals surface area contributed by atoms with Crippen molar-refractivity contribution in [2.75, 3.05) is 11.1 Å². The minimum atomic E-state index is -3.30. The Labute approximate surface area is 263 Å². The lowest BCUT2D eigenvalue weighted by atomic mass is 9.62. The van der Waals surface area contributed by atoms with E-state index in [9.17, 15) is 18.0 Å². The molecule has 0 bridgehead atoms. The summed E-state index contributed by atoms with van der Waals surface area (Å²) in [6.45, 7) is 7.84. The quantitative estimate of drug-likeness (QED) is 0.309. The molecule has 2 aliphatic heterocycles. The molecule has 3 aliphatic rings. The summed E-state index contributed by atoms with van der Waals surface area (Å²) in [5.74, 6) is -1.80. The van der Waals surface area contributed by atoms with Gasteiger partial charge < -0.3 is 10.6 Å². The Morgan fingerprint density at radius 2 is 1.81 bits per heavy atom. The maximum atomic E-state index is 15.9. The van der Waals surface area contributed by atoms with Gasteiger partial charge in [0, 0.05) is 35.1 Å². The van der Waals surface area contributed by atoms with Gasteiger partial charge in [0.2, 0.25) is 15.9 Å². The number of hydrogen-bond acceptors (Lipinski definition) is 5. The van der Waals surface area contributed by atoms with Crippen LogP contribution in [-0.2, 0) is 25.0 Å². The van der Waals surface area contributed by atoms with Crippen molar-refractivity contribution >= 4 is 50.6 Å². The highest BCUT2D eigenvalue weighted by molar-refractivity contribution is 7.89. The second-order valence-electron chi connectivity index (χ2n) is 13.5. The summed E-state index contributed by atoms with van der Waals surface area (Å²) in [4.78, 5) is 28.6. The van der Waals surface area contributed by atoms with E-state index in [1.165, 1.54) is 6.07 Å². The maximum Gasteiger partial charge on any atom is 0.237 e. The molecule has 1 saturated carbocycles. The lowest BCUT2D eigenvalue weighted by Crippen LogP contribution is -2.49. The zero-order chi connectivity index (χ0) is 31.3. The van der Waals surface area contributed by atoms with Gasteiger partial charge in [-0.1, -0.05) is 62.2 Å². The Hall–Kier alpha value is -2.04. The molecule has 1 saturated heterocycles. The second kappa shape index (κ2) is 12.0.